The third kappa shape index (κ3) is 5.20. The lowest BCUT2D eigenvalue weighted by molar-refractivity contribution is 0.0832. The number of nitrogens with zero attached hydrogens (tertiary/aromatic N) is 7. The first kappa shape index (κ1) is 23.4. The number of rotatable bonds is 8. The number of aromatic nitrogens is 6. The van der Waals surface area contributed by atoms with E-state index in [1.54, 1.807) is 36.3 Å². The SMILES string of the molecule is Cn1nccc1C(=O)N[C@@H](C1CCCCCC1)N([O-])Nc1ccc(-c2c(C3CC3)nnn2C)cn1. The Hall–Kier alpha value is -3.31. The summed E-state index contributed by atoms with van der Waals surface area (Å²) in [7, 11) is 3.59. The molecule has 186 valence electrons. The minimum atomic E-state index is -0.722. The molecule has 3 aromatic heterocycles. The zero-order valence-corrected chi connectivity index (χ0v) is 20.2. The number of nitrogens with one attached hydrogen (secondary N) is 2. The normalized spacial score (nSPS) is 17.8. The highest BCUT2D eigenvalue weighted by atomic mass is 16.5. The Labute approximate surface area is 204 Å². The summed E-state index contributed by atoms with van der Waals surface area (Å²) in [5.41, 5.74) is 6.14. The minimum Gasteiger partial charge on any atom is -0.766 e. The van der Waals surface area contributed by atoms with Gasteiger partial charge in [0.05, 0.1) is 17.6 Å². The second kappa shape index (κ2) is 10.1. The molecule has 0 unspecified atom stereocenters. The van der Waals surface area contributed by atoms with Gasteiger partial charge in [0.1, 0.15) is 11.5 Å². The number of anilines is 1. The number of aryl methyl sites for hydroxylation is 2. The molecular formula is C24H32N9O2-. The third-order valence-electron chi connectivity index (χ3n) is 7.01. The summed E-state index contributed by atoms with van der Waals surface area (Å²) in [5.74, 6) is 0.611. The van der Waals surface area contributed by atoms with Gasteiger partial charge in [0, 0.05) is 38.0 Å². The van der Waals surface area contributed by atoms with Gasteiger partial charge in [0.25, 0.3) is 5.91 Å². The minimum absolute atomic E-state index is 0.0422. The number of amides is 1. The molecule has 2 N–H and O–H groups in total. The number of hydrazine groups is 1. The van der Waals surface area contributed by atoms with Gasteiger partial charge >= 0.3 is 0 Å². The predicted molar refractivity (Wildman–Crippen MR) is 131 cm³/mol. The van der Waals surface area contributed by atoms with Crippen LogP contribution in [-0.4, -0.2) is 47.0 Å². The summed E-state index contributed by atoms with van der Waals surface area (Å²) >= 11 is 0. The molecule has 1 amide bonds. The number of pyridine rings is 1. The molecule has 5 rings (SSSR count). The smallest absolute Gasteiger partial charge is 0.270 e. The maximum atomic E-state index is 13.3. The first-order valence-corrected chi connectivity index (χ1v) is 12.4. The highest BCUT2D eigenvalue weighted by Crippen LogP contribution is 2.43. The lowest BCUT2D eigenvalue weighted by atomic mass is 9.96. The van der Waals surface area contributed by atoms with E-state index < -0.39 is 6.17 Å². The molecule has 0 spiro atoms. The van der Waals surface area contributed by atoms with E-state index in [1.165, 1.54) is 4.68 Å². The first-order valence-electron chi connectivity index (χ1n) is 12.4. The summed E-state index contributed by atoms with van der Waals surface area (Å²) in [4.78, 5) is 17.4. The van der Waals surface area contributed by atoms with Crippen LogP contribution in [0.4, 0.5) is 5.82 Å². The van der Waals surface area contributed by atoms with Gasteiger partial charge in [-0.25, -0.2) is 9.67 Å². The van der Waals surface area contributed by atoms with Crippen LogP contribution in [0.1, 0.15) is 73.5 Å². The van der Waals surface area contributed by atoms with Gasteiger partial charge in [-0.1, -0.05) is 30.9 Å². The van der Waals surface area contributed by atoms with Crippen molar-refractivity contribution in [3.8, 4) is 11.3 Å². The maximum absolute atomic E-state index is 13.3. The van der Waals surface area contributed by atoms with Crippen molar-refractivity contribution in [1.82, 2.24) is 40.2 Å². The van der Waals surface area contributed by atoms with E-state index >= 15 is 0 Å². The van der Waals surface area contributed by atoms with Crippen molar-refractivity contribution in [3.63, 3.8) is 0 Å². The zero-order valence-electron chi connectivity index (χ0n) is 20.2. The van der Waals surface area contributed by atoms with E-state index in [9.17, 15) is 10.0 Å². The highest BCUT2D eigenvalue weighted by Gasteiger charge is 2.31. The molecule has 0 aromatic carbocycles. The molecule has 35 heavy (non-hydrogen) atoms. The maximum Gasteiger partial charge on any atom is 0.270 e. The van der Waals surface area contributed by atoms with Gasteiger partial charge in [0.2, 0.25) is 0 Å². The molecule has 0 bridgehead atoms. The molecule has 0 aliphatic heterocycles. The van der Waals surface area contributed by atoms with Crippen molar-refractivity contribution in [1.29, 1.82) is 0 Å². The largest absolute Gasteiger partial charge is 0.766 e. The van der Waals surface area contributed by atoms with E-state index in [0.29, 0.717) is 17.4 Å². The average Bonchev–Trinajstić information content (AvgIpc) is 3.57. The van der Waals surface area contributed by atoms with Crippen LogP contribution in [0.15, 0.2) is 30.6 Å². The number of carbonyl (C=O) groups excluding carboxylic acids is 1. The molecule has 2 aliphatic rings. The lowest BCUT2D eigenvalue weighted by Crippen LogP contribution is -2.52. The standard InChI is InChI=1S/C24H32N9O2/c1-31-19(13-14-26-31)24(34)27-23(17-7-5-3-4-6-8-17)33(35)29-20-12-11-18(15-25-20)22-21(16-9-10-16)28-30-32(22)2/h11-17,23H,3-10H2,1-2H3,(H,25,29)(H,27,34)/q-1/t23-/m1/s1. The molecule has 2 fully saturated rings. The third-order valence-corrected chi connectivity index (χ3v) is 7.01. The lowest BCUT2D eigenvalue weighted by Gasteiger charge is -2.41. The van der Waals surface area contributed by atoms with Gasteiger partial charge in [0.15, 0.2) is 0 Å². The van der Waals surface area contributed by atoms with E-state index in [2.05, 4.69) is 31.1 Å². The summed E-state index contributed by atoms with van der Waals surface area (Å²) in [6.45, 7) is 0. The summed E-state index contributed by atoms with van der Waals surface area (Å²) in [6, 6.07) is 5.34. The second-order valence-corrected chi connectivity index (χ2v) is 9.60. The van der Waals surface area contributed by atoms with Gasteiger partial charge in [-0.3, -0.25) is 14.6 Å². The van der Waals surface area contributed by atoms with Crippen molar-refractivity contribution in [2.45, 2.75) is 63.5 Å². The van der Waals surface area contributed by atoms with E-state index in [1.807, 2.05) is 13.1 Å². The van der Waals surface area contributed by atoms with Crippen LogP contribution in [0, 0.1) is 11.1 Å². The first-order chi connectivity index (χ1) is 17.0. The Kier molecular flexibility index (Phi) is 6.78. The van der Waals surface area contributed by atoms with Crippen molar-refractivity contribution in [2.75, 3.05) is 5.43 Å². The molecule has 0 saturated heterocycles. The van der Waals surface area contributed by atoms with Crippen LogP contribution < -0.4 is 10.7 Å². The topological polar surface area (TPSA) is 129 Å². The Morgan fingerprint density at radius 3 is 2.49 bits per heavy atom. The van der Waals surface area contributed by atoms with Crippen molar-refractivity contribution in [3.05, 3.63) is 47.2 Å². The number of hydrogen-bond acceptors (Lipinski definition) is 8. The molecule has 0 radical (unpaired) electrons. The summed E-state index contributed by atoms with van der Waals surface area (Å²) < 4.78 is 3.28. The Morgan fingerprint density at radius 1 is 1.09 bits per heavy atom. The molecule has 3 heterocycles. The predicted octanol–water partition coefficient (Wildman–Crippen LogP) is 3.34. The summed E-state index contributed by atoms with van der Waals surface area (Å²) in [6.07, 6.45) is 11.0. The summed E-state index contributed by atoms with van der Waals surface area (Å²) in [5, 5.41) is 29.6. The van der Waals surface area contributed by atoms with Crippen LogP contribution >= 0.6 is 0 Å². The van der Waals surface area contributed by atoms with E-state index in [-0.39, 0.29) is 11.8 Å². The van der Waals surface area contributed by atoms with Crippen molar-refractivity contribution in [2.24, 2.45) is 20.0 Å². The van der Waals surface area contributed by atoms with Gasteiger partial charge < -0.3 is 15.9 Å². The number of hydrogen-bond donors (Lipinski definition) is 2. The fourth-order valence-electron chi connectivity index (χ4n) is 4.92. The molecule has 11 heteroatoms. The Bertz CT molecular complexity index is 1140. The van der Waals surface area contributed by atoms with Crippen LogP contribution in [-0.2, 0) is 14.1 Å². The van der Waals surface area contributed by atoms with Crippen LogP contribution in [0.25, 0.3) is 11.3 Å². The van der Waals surface area contributed by atoms with Gasteiger partial charge in [-0.15, -0.1) is 5.10 Å². The highest BCUT2D eigenvalue weighted by molar-refractivity contribution is 5.92. The van der Waals surface area contributed by atoms with Crippen molar-refractivity contribution < 1.29 is 4.79 Å². The molecule has 1 atom stereocenters. The van der Waals surface area contributed by atoms with Crippen LogP contribution in [0.5, 0.6) is 0 Å². The number of carbonyl (C=O) groups is 1. The Morgan fingerprint density at radius 2 is 1.86 bits per heavy atom. The molecular weight excluding hydrogens is 446 g/mol. The fourth-order valence-corrected chi connectivity index (χ4v) is 4.92. The molecule has 11 nitrogen and oxygen atoms in total. The van der Waals surface area contributed by atoms with Gasteiger partial charge in [-0.2, -0.15) is 5.10 Å². The van der Waals surface area contributed by atoms with Crippen LogP contribution in [0.3, 0.4) is 0 Å². The second-order valence-electron chi connectivity index (χ2n) is 9.60. The van der Waals surface area contributed by atoms with Crippen LogP contribution in [0.2, 0.25) is 0 Å². The van der Waals surface area contributed by atoms with E-state index in [0.717, 1.165) is 73.5 Å². The molecule has 2 aliphatic carbocycles. The molecule has 2 saturated carbocycles. The molecule has 3 aromatic rings. The fraction of sp³-hybridized carbons (Fsp3) is 0.542. The van der Waals surface area contributed by atoms with Crippen molar-refractivity contribution >= 4 is 11.7 Å². The number of hydroxylamine groups is 1. The monoisotopic (exact) mass is 478 g/mol. The Balaban J connectivity index is 1.32. The van der Waals surface area contributed by atoms with Gasteiger partial charge in [-0.05, 0) is 49.8 Å². The zero-order chi connectivity index (χ0) is 24.4. The average molecular weight is 479 g/mol. The van der Waals surface area contributed by atoms with E-state index in [4.69, 9.17) is 0 Å². The quantitative estimate of drug-likeness (QED) is 0.287.